The number of rotatable bonds is 5. The molecule has 0 aromatic rings. The van der Waals surface area contributed by atoms with Crippen molar-refractivity contribution in [1.82, 2.24) is 0 Å². The number of hydrogen-bond acceptors (Lipinski definition) is 2. The van der Waals surface area contributed by atoms with E-state index in [1.165, 1.54) is 0 Å². The molecule has 3 nitrogen and oxygen atoms in total. The lowest BCUT2D eigenvalue weighted by molar-refractivity contribution is -0.138. The van der Waals surface area contributed by atoms with Crippen LogP contribution in [0.4, 0.5) is 0 Å². The Hall–Kier alpha value is -0.830. The smallest absolute Gasteiger partial charge is 0.303 e. The molecule has 0 aromatic heterocycles. The number of aliphatic hydroxyl groups is 1. The first kappa shape index (κ1) is 10.2. The molecule has 0 fully saturated rings. The molecule has 64 valence electrons. The van der Waals surface area contributed by atoms with Crippen LogP contribution < -0.4 is 0 Å². The van der Waals surface area contributed by atoms with Gasteiger partial charge in [0, 0.05) is 0 Å². The molecule has 0 bridgehead atoms. The molecule has 0 spiro atoms. The molecule has 0 saturated heterocycles. The van der Waals surface area contributed by atoms with E-state index in [9.17, 15) is 9.90 Å². The monoisotopic (exact) mass is 158 g/mol. The summed E-state index contributed by atoms with van der Waals surface area (Å²) in [5, 5.41) is 17.6. The lowest BCUT2D eigenvalue weighted by atomic mass is 9.99. The molecule has 0 rings (SSSR count). The summed E-state index contributed by atoms with van der Waals surface area (Å²) in [6.45, 7) is 5.17. The van der Waals surface area contributed by atoms with Gasteiger partial charge in [0.15, 0.2) is 0 Å². The third kappa shape index (κ3) is 4.56. The van der Waals surface area contributed by atoms with E-state index < -0.39 is 12.1 Å². The highest BCUT2D eigenvalue weighted by atomic mass is 16.4. The molecule has 11 heavy (non-hydrogen) atoms. The van der Waals surface area contributed by atoms with Crippen molar-refractivity contribution in [3.63, 3.8) is 0 Å². The average molecular weight is 158 g/mol. The summed E-state index contributed by atoms with van der Waals surface area (Å²) in [5.41, 5.74) is 0. The molecule has 2 N–H and O–H groups in total. The maximum absolute atomic E-state index is 10.2. The molecule has 0 heterocycles. The fourth-order valence-corrected chi connectivity index (χ4v) is 0.815. The standard InChI is InChI=1S/C8H14O3/c1-3-4-7(9)6(2)5-8(10)11/h3,6-7,9H,1,4-5H2,2H3,(H,10,11). The number of carboxylic acid groups (broad SMARTS) is 1. The van der Waals surface area contributed by atoms with Gasteiger partial charge in [0.2, 0.25) is 0 Å². The first-order valence-electron chi connectivity index (χ1n) is 3.58. The van der Waals surface area contributed by atoms with Crippen LogP contribution in [0.3, 0.4) is 0 Å². The van der Waals surface area contributed by atoms with Crippen molar-refractivity contribution in [2.24, 2.45) is 5.92 Å². The molecule has 2 unspecified atom stereocenters. The van der Waals surface area contributed by atoms with Crippen molar-refractivity contribution < 1.29 is 15.0 Å². The van der Waals surface area contributed by atoms with Gasteiger partial charge in [-0.2, -0.15) is 0 Å². The number of aliphatic hydroxyl groups excluding tert-OH is 1. The van der Waals surface area contributed by atoms with E-state index >= 15 is 0 Å². The number of carboxylic acids is 1. The SMILES string of the molecule is C=CCC(O)C(C)CC(=O)O. The Balaban J connectivity index is 3.71. The van der Waals surface area contributed by atoms with Crippen LogP contribution in [0, 0.1) is 5.92 Å². The van der Waals surface area contributed by atoms with E-state index in [0.717, 1.165) is 0 Å². The van der Waals surface area contributed by atoms with Gasteiger partial charge < -0.3 is 10.2 Å². The zero-order valence-corrected chi connectivity index (χ0v) is 6.66. The Labute approximate surface area is 66.4 Å². The zero-order valence-electron chi connectivity index (χ0n) is 6.66. The third-order valence-electron chi connectivity index (χ3n) is 1.56. The van der Waals surface area contributed by atoms with Gasteiger partial charge in [-0.1, -0.05) is 13.0 Å². The number of aliphatic carboxylic acids is 1. The summed E-state index contributed by atoms with van der Waals surface area (Å²) >= 11 is 0. The molecular formula is C8H14O3. The van der Waals surface area contributed by atoms with Crippen LogP contribution in [0.15, 0.2) is 12.7 Å². The van der Waals surface area contributed by atoms with Crippen LogP contribution in [0.2, 0.25) is 0 Å². The normalized spacial score (nSPS) is 15.5. The van der Waals surface area contributed by atoms with Crippen LogP contribution >= 0.6 is 0 Å². The second-order valence-corrected chi connectivity index (χ2v) is 2.67. The van der Waals surface area contributed by atoms with Crippen molar-refractivity contribution in [2.75, 3.05) is 0 Å². The largest absolute Gasteiger partial charge is 0.481 e. The van der Waals surface area contributed by atoms with Crippen LogP contribution in [0.1, 0.15) is 19.8 Å². The second-order valence-electron chi connectivity index (χ2n) is 2.67. The highest BCUT2D eigenvalue weighted by molar-refractivity contribution is 5.67. The highest BCUT2D eigenvalue weighted by Gasteiger charge is 2.15. The average Bonchev–Trinajstić information content (AvgIpc) is 1.86. The van der Waals surface area contributed by atoms with Gasteiger partial charge in [-0.25, -0.2) is 0 Å². The predicted octanol–water partition coefficient (Wildman–Crippen LogP) is 1.03. The molecule has 0 aliphatic rings. The van der Waals surface area contributed by atoms with Crippen molar-refractivity contribution in [3.8, 4) is 0 Å². The highest BCUT2D eigenvalue weighted by Crippen LogP contribution is 2.11. The Kier molecular flexibility index (Phi) is 4.54. The van der Waals surface area contributed by atoms with Crippen molar-refractivity contribution in [1.29, 1.82) is 0 Å². The molecular weight excluding hydrogens is 144 g/mol. The van der Waals surface area contributed by atoms with Gasteiger partial charge in [0.1, 0.15) is 0 Å². The fraction of sp³-hybridized carbons (Fsp3) is 0.625. The molecule has 0 amide bonds. The Morgan fingerprint density at radius 1 is 1.73 bits per heavy atom. The summed E-state index contributed by atoms with van der Waals surface area (Å²) in [7, 11) is 0. The van der Waals surface area contributed by atoms with Gasteiger partial charge in [-0.15, -0.1) is 6.58 Å². The molecule has 2 atom stereocenters. The molecule has 3 heteroatoms. The third-order valence-corrected chi connectivity index (χ3v) is 1.56. The minimum absolute atomic E-state index is 0.00894. The first-order chi connectivity index (χ1) is 5.07. The molecule has 0 aliphatic carbocycles. The summed E-state index contributed by atoms with van der Waals surface area (Å²) in [4.78, 5) is 10.2. The summed E-state index contributed by atoms with van der Waals surface area (Å²) < 4.78 is 0. The second kappa shape index (κ2) is 4.91. The van der Waals surface area contributed by atoms with Gasteiger partial charge in [0.25, 0.3) is 0 Å². The topological polar surface area (TPSA) is 57.5 Å². The molecule has 0 aromatic carbocycles. The van der Waals surface area contributed by atoms with Gasteiger partial charge in [-0.3, -0.25) is 4.79 Å². The van der Waals surface area contributed by atoms with E-state index in [1.54, 1.807) is 13.0 Å². The zero-order chi connectivity index (χ0) is 8.85. The Morgan fingerprint density at radius 3 is 2.64 bits per heavy atom. The fourth-order valence-electron chi connectivity index (χ4n) is 0.815. The lowest BCUT2D eigenvalue weighted by Gasteiger charge is -2.14. The maximum atomic E-state index is 10.2. The van der Waals surface area contributed by atoms with E-state index in [1.807, 2.05) is 0 Å². The van der Waals surface area contributed by atoms with E-state index in [2.05, 4.69) is 6.58 Å². The quantitative estimate of drug-likeness (QED) is 0.587. The van der Waals surface area contributed by atoms with Crippen LogP contribution in [0.25, 0.3) is 0 Å². The van der Waals surface area contributed by atoms with Crippen molar-refractivity contribution in [2.45, 2.75) is 25.9 Å². The minimum Gasteiger partial charge on any atom is -0.481 e. The van der Waals surface area contributed by atoms with Gasteiger partial charge >= 0.3 is 5.97 Å². The van der Waals surface area contributed by atoms with Crippen LogP contribution in [-0.4, -0.2) is 22.3 Å². The minimum atomic E-state index is -0.874. The Morgan fingerprint density at radius 2 is 2.27 bits per heavy atom. The van der Waals surface area contributed by atoms with E-state index in [-0.39, 0.29) is 12.3 Å². The Bertz CT molecular complexity index is 142. The van der Waals surface area contributed by atoms with E-state index in [4.69, 9.17) is 5.11 Å². The van der Waals surface area contributed by atoms with Crippen molar-refractivity contribution >= 4 is 5.97 Å². The number of carbonyl (C=O) groups is 1. The van der Waals surface area contributed by atoms with Gasteiger partial charge in [0.05, 0.1) is 12.5 Å². The summed E-state index contributed by atoms with van der Waals surface area (Å²) in [6.07, 6.45) is 1.47. The van der Waals surface area contributed by atoms with Crippen LogP contribution in [-0.2, 0) is 4.79 Å². The predicted molar refractivity (Wildman–Crippen MR) is 42.2 cm³/mol. The summed E-state index contributed by atoms with van der Waals surface area (Å²) in [6, 6.07) is 0. The molecule has 0 saturated carbocycles. The van der Waals surface area contributed by atoms with E-state index in [0.29, 0.717) is 6.42 Å². The van der Waals surface area contributed by atoms with Gasteiger partial charge in [-0.05, 0) is 12.3 Å². The first-order valence-corrected chi connectivity index (χ1v) is 3.58. The molecule has 0 radical (unpaired) electrons. The molecule has 0 aliphatic heterocycles. The number of hydrogen-bond donors (Lipinski definition) is 2. The lowest BCUT2D eigenvalue weighted by Crippen LogP contribution is -2.19. The maximum Gasteiger partial charge on any atom is 0.303 e. The van der Waals surface area contributed by atoms with Crippen molar-refractivity contribution in [3.05, 3.63) is 12.7 Å². The van der Waals surface area contributed by atoms with Crippen LogP contribution in [0.5, 0.6) is 0 Å². The summed E-state index contributed by atoms with van der Waals surface area (Å²) in [5.74, 6) is -1.08.